The molecule has 1 aromatic heterocycles. The number of nitrogens with zero attached hydrogens (tertiary/aromatic N) is 2. The lowest BCUT2D eigenvalue weighted by atomic mass is 10.0. The van der Waals surface area contributed by atoms with E-state index in [1.807, 2.05) is 88.4 Å². The lowest BCUT2D eigenvalue weighted by Gasteiger charge is -2.16. The number of benzene rings is 3. The Morgan fingerprint density at radius 2 is 1.74 bits per heavy atom. The second-order valence-corrected chi connectivity index (χ2v) is 10.6. The van der Waals surface area contributed by atoms with Gasteiger partial charge in [0.05, 0.1) is 7.11 Å². The highest BCUT2D eigenvalue weighted by atomic mass is 16.7. The van der Waals surface area contributed by atoms with Crippen molar-refractivity contribution in [3.63, 3.8) is 0 Å². The molecule has 3 heterocycles. The topological polar surface area (TPSA) is 83.8 Å². The van der Waals surface area contributed by atoms with Crippen LogP contribution in [0.1, 0.15) is 33.3 Å². The molecule has 0 unspecified atom stereocenters. The number of nitrogens with one attached hydrogen (secondary N) is 1. The first-order chi connectivity index (χ1) is 18.1. The van der Waals surface area contributed by atoms with Gasteiger partial charge in [-0.3, -0.25) is 0 Å². The third-order valence-electron chi connectivity index (χ3n) is 6.54. The Bertz CT molecular complexity index is 1560. The Balaban J connectivity index is 1.38. The molecule has 3 aromatic carbocycles. The molecule has 0 saturated heterocycles. The van der Waals surface area contributed by atoms with E-state index in [4.69, 9.17) is 24.0 Å². The summed E-state index contributed by atoms with van der Waals surface area (Å²) in [5.74, 6) is 1.71. The molecule has 0 aliphatic carbocycles. The van der Waals surface area contributed by atoms with Gasteiger partial charge in [0.2, 0.25) is 11.5 Å². The smallest absolute Gasteiger partial charge is 0.346 e. The number of rotatable bonds is 4. The van der Waals surface area contributed by atoms with Crippen LogP contribution < -0.4 is 24.3 Å². The first-order valence-electron chi connectivity index (χ1n) is 12.5. The molecule has 0 radical (unpaired) electrons. The number of amides is 1. The summed E-state index contributed by atoms with van der Waals surface area (Å²) in [7, 11) is 1.59. The Labute approximate surface area is 221 Å². The predicted octanol–water partition coefficient (Wildman–Crippen LogP) is 6.53. The molecule has 8 heteroatoms. The first-order valence-corrected chi connectivity index (χ1v) is 12.5. The molecule has 2 aliphatic rings. The zero-order valence-electron chi connectivity index (χ0n) is 22.0. The molecule has 0 saturated carbocycles. The summed E-state index contributed by atoms with van der Waals surface area (Å²) in [4.78, 5) is 13.4. The van der Waals surface area contributed by atoms with Crippen LogP contribution in [-0.4, -0.2) is 34.3 Å². The quantitative estimate of drug-likeness (QED) is 0.336. The number of carbonyl (C=O) groups excluding carboxylic acids is 1. The van der Waals surface area contributed by atoms with Gasteiger partial charge in [0, 0.05) is 48.8 Å². The van der Waals surface area contributed by atoms with Crippen LogP contribution in [0.3, 0.4) is 0 Å². The van der Waals surface area contributed by atoms with Crippen molar-refractivity contribution in [3.05, 3.63) is 72.4 Å². The van der Waals surface area contributed by atoms with Gasteiger partial charge in [0.25, 0.3) is 0 Å². The molecule has 1 N–H and O–H groups in total. The van der Waals surface area contributed by atoms with Gasteiger partial charge in [0.15, 0.2) is 11.5 Å². The minimum atomic E-state index is -0.809. The molecule has 194 valence electrons. The van der Waals surface area contributed by atoms with Crippen LogP contribution in [-0.2, 0) is 6.42 Å². The maximum absolute atomic E-state index is 13.4. The maximum atomic E-state index is 13.4. The normalized spacial score (nSPS) is 16.0. The monoisotopic (exact) mass is 511 g/mol. The van der Waals surface area contributed by atoms with E-state index in [0.29, 0.717) is 28.6 Å². The van der Waals surface area contributed by atoms with Crippen LogP contribution in [0.5, 0.6) is 23.0 Å². The number of methoxy groups -OCH3 is 1. The van der Waals surface area contributed by atoms with Crippen molar-refractivity contribution in [2.24, 2.45) is 0 Å². The molecule has 0 atom stereocenters. The van der Waals surface area contributed by atoms with Crippen molar-refractivity contribution in [1.82, 2.24) is 9.78 Å². The number of hydrogen-bond acceptors (Lipinski definition) is 6. The minimum absolute atomic E-state index is 0.257. The van der Waals surface area contributed by atoms with Crippen molar-refractivity contribution < 1.29 is 23.7 Å². The average molecular weight is 512 g/mol. The van der Waals surface area contributed by atoms with E-state index in [9.17, 15) is 4.79 Å². The fraction of sp³-hybridized carbons (Fsp3) is 0.267. The Morgan fingerprint density at radius 3 is 2.50 bits per heavy atom. The molecule has 4 aromatic rings. The highest BCUT2D eigenvalue weighted by molar-refractivity contribution is 5.93. The van der Waals surface area contributed by atoms with Crippen LogP contribution >= 0.6 is 0 Å². The fourth-order valence-electron chi connectivity index (χ4n) is 4.96. The summed E-state index contributed by atoms with van der Waals surface area (Å²) in [5, 5.41) is 7.66. The zero-order valence-corrected chi connectivity index (χ0v) is 22.0. The van der Waals surface area contributed by atoms with E-state index in [2.05, 4.69) is 5.32 Å². The molecule has 0 spiro atoms. The largest absolute Gasteiger partial charge is 0.493 e. The lowest BCUT2D eigenvalue weighted by molar-refractivity contribution is -0.0439. The first kappa shape index (κ1) is 23.9. The van der Waals surface area contributed by atoms with Crippen molar-refractivity contribution in [2.75, 3.05) is 12.4 Å². The molecular weight excluding hydrogens is 482 g/mol. The lowest BCUT2D eigenvalue weighted by Crippen LogP contribution is -2.29. The van der Waals surface area contributed by atoms with Gasteiger partial charge in [-0.15, -0.1) is 0 Å². The maximum Gasteiger partial charge on any atom is 0.346 e. The number of hydrogen-bond donors (Lipinski definition) is 1. The van der Waals surface area contributed by atoms with Crippen molar-refractivity contribution in [1.29, 1.82) is 0 Å². The molecule has 1 amide bonds. The third-order valence-corrected chi connectivity index (χ3v) is 6.54. The Hall–Kier alpha value is -4.46. The Morgan fingerprint density at radius 1 is 0.947 bits per heavy atom. The fourth-order valence-corrected chi connectivity index (χ4v) is 4.96. The molecule has 2 aliphatic heterocycles. The Kier molecular flexibility index (Phi) is 5.38. The molecule has 8 nitrogen and oxygen atoms in total. The number of ether oxygens (including phenoxy) is 4. The van der Waals surface area contributed by atoms with E-state index in [1.54, 1.807) is 13.3 Å². The van der Waals surface area contributed by atoms with Crippen LogP contribution in [0, 0.1) is 0 Å². The van der Waals surface area contributed by atoms with E-state index in [1.165, 1.54) is 4.68 Å². The average Bonchev–Trinajstić information content (AvgIpc) is 3.54. The van der Waals surface area contributed by atoms with Gasteiger partial charge in [-0.2, -0.15) is 9.78 Å². The van der Waals surface area contributed by atoms with E-state index in [-0.39, 0.29) is 11.6 Å². The SMILES string of the molecule is COc1cc(-c2cn(C(=O)Nc3ccc4c(c3)CC(C)(C)O4)nc2-c2ccccc2)cc2c1OC(C)(C)O2. The van der Waals surface area contributed by atoms with E-state index >= 15 is 0 Å². The standard InChI is InChI=1S/C30H29N3O5/c1-29(2)16-20-13-21(11-12-23(20)36-29)31-28(34)33-17-22(26(32-33)18-9-7-6-8-10-18)19-14-24(35-5)27-25(15-19)37-30(3,4)38-27/h6-15,17H,16H2,1-5H3,(H,31,34). The number of aromatic nitrogens is 2. The summed E-state index contributed by atoms with van der Waals surface area (Å²) in [6.45, 7) is 7.79. The van der Waals surface area contributed by atoms with Gasteiger partial charge < -0.3 is 24.3 Å². The van der Waals surface area contributed by atoms with Gasteiger partial charge >= 0.3 is 6.03 Å². The highest BCUT2D eigenvalue weighted by Gasteiger charge is 2.35. The second kappa shape index (κ2) is 8.55. The van der Waals surface area contributed by atoms with Gasteiger partial charge in [-0.05, 0) is 49.7 Å². The summed E-state index contributed by atoms with van der Waals surface area (Å²) in [6.07, 6.45) is 2.50. The molecule has 0 fully saturated rings. The minimum Gasteiger partial charge on any atom is -0.493 e. The van der Waals surface area contributed by atoms with Crippen molar-refractivity contribution >= 4 is 11.7 Å². The third kappa shape index (κ3) is 4.32. The van der Waals surface area contributed by atoms with Gasteiger partial charge in [-0.1, -0.05) is 30.3 Å². The summed E-state index contributed by atoms with van der Waals surface area (Å²) < 4.78 is 24.9. The van der Waals surface area contributed by atoms with E-state index in [0.717, 1.165) is 34.4 Å². The number of anilines is 1. The second-order valence-electron chi connectivity index (χ2n) is 10.6. The van der Waals surface area contributed by atoms with Crippen LogP contribution in [0.4, 0.5) is 10.5 Å². The highest BCUT2D eigenvalue weighted by Crippen LogP contribution is 2.49. The zero-order chi connectivity index (χ0) is 26.7. The van der Waals surface area contributed by atoms with Crippen LogP contribution in [0.15, 0.2) is 66.9 Å². The molecule has 38 heavy (non-hydrogen) atoms. The summed E-state index contributed by atoms with van der Waals surface area (Å²) in [6, 6.07) is 18.8. The van der Waals surface area contributed by atoms with Crippen molar-refractivity contribution in [2.45, 2.75) is 45.5 Å². The number of fused-ring (bicyclic) bond motifs is 2. The van der Waals surface area contributed by atoms with Crippen LogP contribution in [0.2, 0.25) is 0 Å². The molecular formula is C30H29N3O5. The van der Waals surface area contributed by atoms with Crippen LogP contribution in [0.25, 0.3) is 22.4 Å². The molecule has 6 rings (SSSR count). The summed E-state index contributed by atoms with van der Waals surface area (Å²) >= 11 is 0. The van der Waals surface area contributed by atoms with Gasteiger partial charge in [-0.25, -0.2) is 4.79 Å². The van der Waals surface area contributed by atoms with E-state index < -0.39 is 5.79 Å². The molecule has 0 bridgehead atoms. The van der Waals surface area contributed by atoms with Crippen molar-refractivity contribution in [3.8, 4) is 45.4 Å². The summed E-state index contributed by atoms with van der Waals surface area (Å²) in [5.41, 5.74) is 4.57. The van der Waals surface area contributed by atoms with Gasteiger partial charge in [0.1, 0.15) is 17.0 Å². The number of carbonyl (C=O) groups is 1. The predicted molar refractivity (Wildman–Crippen MR) is 144 cm³/mol.